The third-order valence-electron chi connectivity index (χ3n) is 3.14. The Labute approximate surface area is 128 Å². The van der Waals surface area contributed by atoms with E-state index in [1.807, 2.05) is 6.07 Å². The van der Waals surface area contributed by atoms with E-state index in [-0.39, 0.29) is 17.0 Å². The molecule has 0 aliphatic carbocycles. The Hall–Kier alpha value is -2.15. The molecule has 0 atom stereocenters. The van der Waals surface area contributed by atoms with Crippen molar-refractivity contribution in [2.24, 2.45) is 5.73 Å². The van der Waals surface area contributed by atoms with Crippen molar-refractivity contribution < 1.29 is 14.3 Å². The number of carbonyl (C=O) groups excluding carboxylic acids is 2. The van der Waals surface area contributed by atoms with Gasteiger partial charge in [-0.15, -0.1) is 0 Å². The molecule has 2 rings (SSSR count). The lowest BCUT2D eigenvalue weighted by molar-refractivity contribution is -0.116. The van der Waals surface area contributed by atoms with Gasteiger partial charge in [0.1, 0.15) is 11.6 Å². The number of ether oxygens (including phenoxy) is 1. The highest BCUT2D eigenvalue weighted by Crippen LogP contribution is 2.15. The molecule has 3 N–H and O–H groups in total. The summed E-state index contributed by atoms with van der Waals surface area (Å²) in [5.41, 5.74) is 6.86. The maximum Gasteiger partial charge on any atom is 0.409 e. The van der Waals surface area contributed by atoms with E-state index in [0.29, 0.717) is 43.8 Å². The van der Waals surface area contributed by atoms with Crippen molar-refractivity contribution in [2.45, 2.75) is 12.8 Å². The Morgan fingerprint density at radius 3 is 2.86 bits per heavy atom. The lowest BCUT2D eigenvalue weighted by Crippen LogP contribution is -2.26. The number of carbonyl (C=O) groups is 2. The first kappa shape index (κ1) is 15.2. The van der Waals surface area contributed by atoms with E-state index in [2.05, 4.69) is 5.32 Å². The molecule has 1 aromatic carbocycles. The summed E-state index contributed by atoms with van der Waals surface area (Å²) in [7, 11) is 0. The summed E-state index contributed by atoms with van der Waals surface area (Å²) in [6.45, 7) is 1.53. The third-order valence-corrected chi connectivity index (χ3v) is 3.36. The highest BCUT2D eigenvalue weighted by molar-refractivity contribution is 7.80. The zero-order chi connectivity index (χ0) is 15.2. The van der Waals surface area contributed by atoms with Gasteiger partial charge in [-0.2, -0.15) is 0 Å². The van der Waals surface area contributed by atoms with Crippen molar-refractivity contribution in [3.05, 3.63) is 29.8 Å². The average molecular weight is 307 g/mol. The number of amides is 2. The monoisotopic (exact) mass is 307 g/mol. The number of para-hydroxylation sites is 1. The number of hydrogen-bond donors (Lipinski definition) is 2. The molecule has 0 unspecified atom stereocenters. The summed E-state index contributed by atoms with van der Waals surface area (Å²) in [4.78, 5) is 25.0. The minimum absolute atomic E-state index is 0.133. The summed E-state index contributed by atoms with van der Waals surface area (Å²) in [6.07, 6.45) is 0.584. The summed E-state index contributed by atoms with van der Waals surface area (Å²) < 4.78 is 4.82. The third kappa shape index (κ3) is 4.16. The normalized spacial score (nSPS) is 13.9. The summed E-state index contributed by atoms with van der Waals surface area (Å²) >= 11 is 4.94. The van der Waals surface area contributed by atoms with E-state index in [1.54, 1.807) is 23.1 Å². The molecule has 0 spiro atoms. The second kappa shape index (κ2) is 7.03. The fourth-order valence-electron chi connectivity index (χ4n) is 2.08. The first-order chi connectivity index (χ1) is 10.1. The van der Waals surface area contributed by atoms with Gasteiger partial charge in [0, 0.05) is 18.5 Å². The van der Waals surface area contributed by atoms with Crippen LogP contribution < -0.4 is 11.1 Å². The van der Waals surface area contributed by atoms with Gasteiger partial charge in [-0.3, -0.25) is 4.79 Å². The molecule has 0 saturated carbocycles. The van der Waals surface area contributed by atoms with E-state index >= 15 is 0 Å². The second-order valence-corrected chi connectivity index (χ2v) is 5.10. The number of nitrogens with two attached hydrogens (primary N) is 1. The van der Waals surface area contributed by atoms with Crippen molar-refractivity contribution >= 4 is 34.9 Å². The molecule has 1 fully saturated rings. The Morgan fingerprint density at radius 1 is 1.43 bits per heavy atom. The number of anilines is 1. The molecule has 0 aromatic heterocycles. The Bertz CT molecular complexity index is 562. The molecule has 21 heavy (non-hydrogen) atoms. The van der Waals surface area contributed by atoms with Crippen LogP contribution in [-0.2, 0) is 9.53 Å². The van der Waals surface area contributed by atoms with Crippen LogP contribution in [0.5, 0.6) is 0 Å². The molecule has 1 saturated heterocycles. The van der Waals surface area contributed by atoms with Crippen LogP contribution in [-0.4, -0.2) is 41.6 Å². The van der Waals surface area contributed by atoms with E-state index in [4.69, 9.17) is 22.7 Å². The highest BCUT2D eigenvalue weighted by Gasteiger charge is 2.21. The van der Waals surface area contributed by atoms with Gasteiger partial charge in [-0.05, 0) is 18.6 Å². The van der Waals surface area contributed by atoms with Gasteiger partial charge in [0.2, 0.25) is 5.91 Å². The molecule has 1 aliphatic heterocycles. The Morgan fingerprint density at radius 2 is 2.19 bits per heavy atom. The standard InChI is InChI=1S/C14H17N3O3S/c15-13(21)10-4-1-2-5-11(10)16-12(18)6-3-7-17-8-9-20-14(17)19/h1-2,4-5H,3,6-9H2,(H2,15,21)(H,16,18). The Balaban J connectivity index is 1.82. The van der Waals surface area contributed by atoms with Gasteiger partial charge in [-0.1, -0.05) is 24.4 Å². The van der Waals surface area contributed by atoms with Crippen molar-refractivity contribution in [3.8, 4) is 0 Å². The molecule has 1 aliphatic rings. The largest absolute Gasteiger partial charge is 0.448 e. The molecule has 0 bridgehead atoms. The lowest BCUT2D eigenvalue weighted by atomic mass is 10.1. The molecule has 112 valence electrons. The number of rotatable bonds is 6. The summed E-state index contributed by atoms with van der Waals surface area (Å²) in [5.74, 6) is -0.133. The van der Waals surface area contributed by atoms with E-state index in [9.17, 15) is 9.59 Å². The minimum atomic E-state index is -0.311. The topological polar surface area (TPSA) is 84.7 Å². The van der Waals surface area contributed by atoms with Crippen LogP contribution >= 0.6 is 12.2 Å². The number of benzene rings is 1. The maximum absolute atomic E-state index is 11.9. The van der Waals surface area contributed by atoms with Crippen LogP contribution in [0.25, 0.3) is 0 Å². The van der Waals surface area contributed by atoms with Crippen LogP contribution in [0.15, 0.2) is 24.3 Å². The fraction of sp³-hybridized carbons (Fsp3) is 0.357. The van der Waals surface area contributed by atoms with Gasteiger partial charge in [0.15, 0.2) is 0 Å². The van der Waals surface area contributed by atoms with Crippen LogP contribution in [0.4, 0.5) is 10.5 Å². The molecule has 2 amide bonds. The highest BCUT2D eigenvalue weighted by atomic mass is 32.1. The number of nitrogens with one attached hydrogen (secondary N) is 1. The van der Waals surface area contributed by atoms with Crippen molar-refractivity contribution in [1.29, 1.82) is 0 Å². The van der Waals surface area contributed by atoms with E-state index in [1.165, 1.54) is 0 Å². The number of thiocarbonyl (C=S) groups is 1. The van der Waals surface area contributed by atoms with E-state index < -0.39 is 0 Å². The summed E-state index contributed by atoms with van der Waals surface area (Å²) in [6, 6.07) is 7.13. The average Bonchev–Trinajstić information content (AvgIpc) is 2.85. The molecule has 1 heterocycles. The number of cyclic esters (lactones) is 1. The fourth-order valence-corrected chi connectivity index (χ4v) is 2.26. The molecule has 7 heteroatoms. The first-order valence-electron chi connectivity index (χ1n) is 6.68. The van der Waals surface area contributed by atoms with Gasteiger partial charge < -0.3 is 20.7 Å². The molecule has 0 radical (unpaired) electrons. The minimum Gasteiger partial charge on any atom is -0.448 e. The second-order valence-electron chi connectivity index (χ2n) is 4.66. The SMILES string of the molecule is NC(=S)c1ccccc1NC(=O)CCCN1CCOC1=O. The summed E-state index contributed by atoms with van der Waals surface area (Å²) in [5, 5.41) is 2.79. The van der Waals surface area contributed by atoms with Crippen molar-refractivity contribution in [2.75, 3.05) is 25.0 Å². The predicted molar refractivity (Wildman–Crippen MR) is 83.1 cm³/mol. The molecular weight excluding hydrogens is 290 g/mol. The molecule has 6 nitrogen and oxygen atoms in total. The molecule has 1 aromatic rings. The van der Waals surface area contributed by atoms with Crippen LogP contribution in [0.3, 0.4) is 0 Å². The zero-order valence-corrected chi connectivity index (χ0v) is 12.3. The smallest absolute Gasteiger partial charge is 0.409 e. The van der Waals surface area contributed by atoms with Gasteiger partial charge in [0.25, 0.3) is 0 Å². The van der Waals surface area contributed by atoms with Crippen molar-refractivity contribution in [1.82, 2.24) is 4.90 Å². The quantitative estimate of drug-likeness (QED) is 0.778. The van der Waals surface area contributed by atoms with Gasteiger partial charge >= 0.3 is 6.09 Å². The van der Waals surface area contributed by atoms with Crippen LogP contribution in [0.2, 0.25) is 0 Å². The van der Waals surface area contributed by atoms with Gasteiger partial charge in [-0.25, -0.2) is 4.79 Å². The van der Waals surface area contributed by atoms with E-state index in [0.717, 1.165) is 0 Å². The molecular formula is C14H17N3O3S. The van der Waals surface area contributed by atoms with Crippen LogP contribution in [0.1, 0.15) is 18.4 Å². The predicted octanol–water partition coefficient (Wildman–Crippen LogP) is 1.49. The first-order valence-corrected chi connectivity index (χ1v) is 7.09. The van der Waals surface area contributed by atoms with Crippen LogP contribution in [0, 0.1) is 0 Å². The van der Waals surface area contributed by atoms with Crippen molar-refractivity contribution in [3.63, 3.8) is 0 Å². The zero-order valence-electron chi connectivity index (χ0n) is 11.5. The maximum atomic E-state index is 11.9. The number of nitrogens with zero attached hydrogens (tertiary/aromatic N) is 1. The van der Waals surface area contributed by atoms with Gasteiger partial charge in [0.05, 0.1) is 12.2 Å². The lowest BCUT2D eigenvalue weighted by Gasteiger charge is -2.13. The Kier molecular flexibility index (Phi) is 5.10. The number of hydrogen-bond acceptors (Lipinski definition) is 4.